The lowest BCUT2D eigenvalue weighted by molar-refractivity contribution is -0.143. The second kappa shape index (κ2) is 9.15. The molecule has 0 aromatic heterocycles. The van der Waals surface area contributed by atoms with Crippen LogP contribution in [-0.4, -0.2) is 55.9 Å². The lowest BCUT2D eigenvalue weighted by Crippen LogP contribution is -2.47. The third-order valence-corrected chi connectivity index (χ3v) is 4.42. The molecule has 0 spiro atoms. The molecule has 7 nitrogen and oxygen atoms in total. The van der Waals surface area contributed by atoms with Crippen LogP contribution in [0.25, 0.3) is 0 Å². The standard InChI is InChI=1S/C18H26N2O5/c1-24-15-8-7-13(11-16(15)25-2)5-3-9-19-18(23)20-10-4-6-14(12-20)17(21)22/h7-8,11,14H,3-6,9-10,12H2,1-2H3,(H,19,23)(H,21,22). The summed E-state index contributed by atoms with van der Waals surface area (Å²) in [6.45, 7) is 1.45. The average Bonchev–Trinajstić information content (AvgIpc) is 2.64. The first kappa shape index (κ1) is 18.9. The molecular formula is C18H26N2O5. The van der Waals surface area contributed by atoms with Crippen LogP contribution in [0, 0.1) is 5.92 Å². The summed E-state index contributed by atoms with van der Waals surface area (Å²) in [7, 11) is 3.20. The van der Waals surface area contributed by atoms with E-state index >= 15 is 0 Å². The third kappa shape index (κ3) is 5.27. The van der Waals surface area contributed by atoms with E-state index in [2.05, 4.69) is 5.32 Å². The first-order valence-corrected chi connectivity index (χ1v) is 8.51. The SMILES string of the molecule is COc1ccc(CCCNC(=O)N2CCCC(C(=O)O)C2)cc1OC. The number of carboxylic acids is 1. The second-order valence-electron chi connectivity index (χ2n) is 6.15. The van der Waals surface area contributed by atoms with Crippen LogP contribution in [0.2, 0.25) is 0 Å². The zero-order chi connectivity index (χ0) is 18.2. The highest BCUT2D eigenvalue weighted by atomic mass is 16.5. The number of aryl methyl sites for hydroxylation is 1. The molecule has 1 saturated heterocycles. The van der Waals surface area contributed by atoms with Gasteiger partial charge in [-0.1, -0.05) is 6.07 Å². The van der Waals surface area contributed by atoms with Crippen molar-refractivity contribution in [2.24, 2.45) is 5.92 Å². The number of amides is 2. The number of methoxy groups -OCH3 is 2. The van der Waals surface area contributed by atoms with Gasteiger partial charge in [-0.2, -0.15) is 0 Å². The molecule has 1 aliphatic rings. The van der Waals surface area contributed by atoms with Crippen LogP contribution in [-0.2, 0) is 11.2 Å². The Morgan fingerprint density at radius 1 is 1.28 bits per heavy atom. The number of likely N-dealkylation sites (tertiary alicyclic amines) is 1. The third-order valence-electron chi connectivity index (χ3n) is 4.42. The summed E-state index contributed by atoms with van der Waals surface area (Å²) in [5.41, 5.74) is 1.11. The number of carbonyl (C=O) groups excluding carboxylic acids is 1. The molecule has 1 fully saturated rings. The molecular weight excluding hydrogens is 324 g/mol. The van der Waals surface area contributed by atoms with E-state index in [0.717, 1.165) is 24.8 Å². The number of nitrogens with one attached hydrogen (secondary N) is 1. The summed E-state index contributed by atoms with van der Waals surface area (Å²) < 4.78 is 10.5. The quantitative estimate of drug-likeness (QED) is 0.736. The van der Waals surface area contributed by atoms with E-state index in [0.29, 0.717) is 31.0 Å². The highest BCUT2D eigenvalue weighted by Gasteiger charge is 2.27. The molecule has 0 radical (unpaired) electrons. The van der Waals surface area contributed by atoms with Crippen molar-refractivity contribution in [2.75, 3.05) is 33.9 Å². The van der Waals surface area contributed by atoms with Gasteiger partial charge in [-0.05, 0) is 43.4 Å². The van der Waals surface area contributed by atoms with Gasteiger partial charge >= 0.3 is 12.0 Å². The van der Waals surface area contributed by atoms with Crippen molar-refractivity contribution in [3.63, 3.8) is 0 Å². The smallest absolute Gasteiger partial charge is 0.317 e. The number of nitrogens with zero attached hydrogens (tertiary/aromatic N) is 1. The lowest BCUT2D eigenvalue weighted by Gasteiger charge is -2.30. The molecule has 1 aromatic rings. The second-order valence-corrected chi connectivity index (χ2v) is 6.15. The summed E-state index contributed by atoms with van der Waals surface area (Å²) in [4.78, 5) is 24.8. The number of hydrogen-bond donors (Lipinski definition) is 2. The summed E-state index contributed by atoms with van der Waals surface area (Å²) in [5, 5.41) is 12.0. The van der Waals surface area contributed by atoms with Crippen LogP contribution in [0.4, 0.5) is 4.79 Å². The number of carbonyl (C=O) groups is 2. The van der Waals surface area contributed by atoms with Crippen LogP contribution >= 0.6 is 0 Å². The number of benzene rings is 1. The Morgan fingerprint density at radius 2 is 2.04 bits per heavy atom. The molecule has 2 N–H and O–H groups in total. The van der Waals surface area contributed by atoms with Crippen LogP contribution < -0.4 is 14.8 Å². The summed E-state index contributed by atoms with van der Waals surface area (Å²) in [5.74, 6) is 0.104. The first-order chi connectivity index (χ1) is 12.0. The summed E-state index contributed by atoms with van der Waals surface area (Å²) in [6, 6.07) is 5.60. The molecule has 25 heavy (non-hydrogen) atoms. The van der Waals surface area contributed by atoms with Crippen LogP contribution in [0.3, 0.4) is 0 Å². The van der Waals surface area contributed by atoms with Crippen molar-refractivity contribution < 1.29 is 24.2 Å². The maximum atomic E-state index is 12.1. The van der Waals surface area contributed by atoms with Crippen molar-refractivity contribution in [3.8, 4) is 11.5 Å². The van der Waals surface area contributed by atoms with Crippen LogP contribution in [0.15, 0.2) is 18.2 Å². The Bertz CT molecular complexity index is 605. The van der Waals surface area contributed by atoms with Gasteiger partial charge in [0, 0.05) is 19.6 Å². The topological polar surface area (TPSA) is 88.1 Å². The van der Waals surface area contributed by atoms with E-state index in [1.807, 2.05) is 18.2 Å². The number of aliphatic carboxylic acids is 1. The highest BCUT2D eigenvalue weighted by molar-refractivity contribution is 5.76. The molecule has 2 rings (SSSR count). The maximum Gasteiger partial charge on any atom is 0.317 e. The fourth-order valence-electron chi connectivity index (χ4n) is 3.00. The van der Waals surface area contributed by atoms with Crippen molar-refractivity contribution >= 4 is 12.0 Å². The summed E-state index contributed by atoms with van der Waals surface area (Å²) in [6.07, 6.45) is 2.96. The normalized spacial score (nSPS) is 17.0. The largest absolute Gasteiger partial charge is 0.493 e. The molecule has 1 heterocycles. The first-order valence-electron chi connectivity index (χ1n) is 8.51. The van der Waals surface area contributed by atoms with Crippen LogP contribution in [0.1, 0.15) is 24.8 Å². The molecule has 7 heteroatoms. The maximum absolute atomic E-state index is 12.1. The van der Waals surface area contributed by atoms with Gasteiger partial charge in [0.25, 0.3) is 0 Å². The summed E-state index contributed by atoms with van der Waals surface area (Å²) >= 11 is 0. The minimum atomic E-state index is -0.828. The average molecular weight is 350 g/mol. The van der Waals surface area contributed by atoms with Crippen LogP contribution in [0.5, 0.6) is 11.5 Å². The molecule has 0 bridgehead atoms. The Balaban J connectivity index is 1.75. The molecule has 1 aliphatic heterocycles. The Kier molecular flexibility index (Phi) is 6.91. The fourth-order valence-corrected chi connectivity index (χ4v) is 3.00. The van der Waals surface area contributed by atoms with Crippen molar-refractivity contribution in [1.29, 1.82) is 0 Å². The molecule has 1 atom stereocenters. The highest BCUT2D eigenvalue weighted by Crippen LogP contribution is 2.27. The monoisotopic (exact) mass is 350 g/mol. The molecule has 1 aromatic carbocycles. The zero-order valence-corrected chi connectivity index (χ0v) is 14.8. The molecule has 0 saturated carbocycles. The van der Waals surface area contributed by atoms with Crippen molar-refractivity contribution in [3.05, 3.63) is 23.8 Å². The number of urea groups is 1. The predicted molar refractivity (Wildman–Crippen MR) is 93.2 cm³/mol. The molecule has 2 amide bonds. The Hall–Kier alpha value is -2.44. The van der Waals surface area contributed by atoms with Gasteiger partial charge < -0.3 is 24.8 Å². The van der Waals surface area contributed by atoms with Gasteiger partial charge in [-0.15, -0.1) is 0 Å². The van der Waals surface area contributed by atoms with E-state index in [9.17, 15) is 9.59 Å². The molecule has 138 valence electrons. The number of rotatable bonds is 7. The van der Waals surface area contributed by atoms with Gasteiger partial charge in [0.1, 0.15) is 0 Å². The minimum Gasteiger partial charge on any atom is -0.493 e. The fraction of sp³-hybridized carbons (Fsp3) is 0.556. The minimum absolute atomic E-state index is 0.182. The van der Waals surface area contributed by atoms with E-state index in [1.54, 1.807) is 19.1 Å². The number of hydrogen-bond acceptors (Lipinski definition) is 4. The van der Waals surface area contributed by atoms with E-state index in [1.165, 1.54) is 0 Å². The van der Waals surface area contributed by atoms with Crippen molar-refractivity contribution in [1.82, 2.24) is 10.2 Å². The van der Waals surface area contributed by atoms with Gasteiger partial charge in [0.05, 0.1) is 20.1 Å². The van der Waals surface area contributed by atoms with Gasteiger partial charge in [0.15, 0.2) is 11.5 Å². The van der Waals surface area contributed by atoms with Gasteiger partial charge in [0.2, 0.25) is 0 Å². The molecule has 1 unspecified atom stereocenters. The Labute approximate surface area is 147 Å². The zero-order valence-electron chi connectivity index (χ0n) is 14.8. The lowest BCUT2D eigenvalue weighted by atomic mass is 9.99. The number of piperidine rings is 1. The van der Waals surface area contributed by atoms with E-state index in [-0.39, 0.29) is 12.6 Å². The number of carboxylic acid groups (broad SMARTS) is 1. The van der Waals surface area contributed by atoms with Gasteiger partial charge in [-0.3, -0.25) is 4.79 Å². The van der Waals surface area contributed by atoms with E-state index in [4.69, 9.17) is 14.6 Å². The van der Waals surface area contributed by atoms with E-state index < -0.39 is 11.9 Å². The predicted octanol–water partition coefficient (Wildman–Crippen LogP) is 2.14. The molecule has 0 aliphatic carbocycles. The van der Waals surface area contributed by atoms with Crippen molar-refractivity contribution in [2.45, 2.75) is 25.7 Å². The van der Waals surface area contributed by atoms with Gasteiger partial charge in [-0.25, -0.2) is 4.79 Å². The Morgan fingerprint density at radius 3 is 2.72 bits per heavy atom. The number of ether oxygens (including phenoxy) is 2.